The summed E-state index contributed by atoms with van der Waals surface area (Å²) in [6, 6.07) is 21.7. The van der Waals surface area contributed by atoms with Gasteiger partial charge in [-0.15, -0.1) is 0 Å². The maximum Gasteiger partial charge on any atom is 0.124 e. The summed E-state index contributed by atoms with van der Waals surface area (Å²) in [5.41, 5.74) is 2.41. The van der Waals surface area contributed by atoms with Crippen molar-refractivity contribution in [3.05, 3.63) is 71.8 Å². The molecular formula is C22H26O. The lowest BCUT2D eigenvalue weighted by Gasteiger charge is -2.63. The van der Waals surface area contributed by atoms with Crippen LogP contribution in [0.15, 0.2) is 60.7 Å². The molecule has 0 N–H and O–H groups in total. The van der Waals surface area contributed by atoms with Crippen molar-refractivity contribution in [1.29, 1.82) is 0 Å². The summed E-state index contributed by atoms with van der Waals surface area (Å²) < 4.78 is 6.83. The molecule has 1 saturated carbocycles. The molecule has 0 bridgehead atoms. The first kappa shape index (κ1) is 15.0. The lowest BCUT2D eigenvalue weighted by atomic mass is 9.59. The molecule has 2 fully saturated rings. The molecule has 4 rings (SSSR count). The zero-order valence-corrected chi connectivity index (χ0v) is 14.0. The quantitative estimate of drug-likeness (QED) is 0.692. The summed E-state index contributed by atoms with van der Waals surface area (Å²) in [5.74, 6) is 0.570. The highest BCUT2D eigenvalue weighted by Crippen LogP contribution is 2.61. The lowest BCUT2D eigenvalue weighted by Crippen LogP contribution is -2.65. The van der Waals surface area contributed by atoms with Crippen molar-refractivity contribution in [2.75, 3.05) is 0 Å². The van der Waals surface area contributed by atoms with Crippen LogP contribution in [0.5, 0.6) is 0 Å². The van der Waals surface area contributed by atoms with E-state index in [0.29, 0.717) is 5.92 Å². The normalized spacial score (nSPS) is 29.7. The molecule has 0 aromatic heterocycles. The summed E-state index contributed by atoms with van der Waals surface area (Å²) in [5, 5.41) is 0. The Bertz CT molecular complexity index is 609. The summed E-state index contributed by atoms with van der Waals surface area (Å²) >= 11 is 0. The zero-order chi connectivity index (χ0) is 15.8. The number of hydrogen-bond donors (Lipinski definition) is 0. The minimum atomic E-state index is -0.255. The average Bonchev–Trinajstić information content (AvgIpc) is 2.59. The van der Waals surface area contributed by atoms with Crippen molar-refractivity contribution in [1.82, 2.24) is 0 Å². The number of ether oxygens (including phenoxy) is 1. The molecule has 23 heavy (non-hydrogen) atoms. The molecule has 0 amide bonds. The third-order valence-corrected chi connectivity index (χ3v) is 5.94. The Morgan fingerprint density at radius 3 is 1.96 bits per heavy atom. The molecule has 120 valence electrons. The van der Waals surface area contributed by atoms with Gasteiger partial charge in [-0.3, -0.25) is 0 Å². The fraction of sp³-hybridized carbons (Fsp3) is 0.455. The van der Waals surface area contributed by atoms with E-state index in [4.69, 9.17) is 4.74 Å². The Balaban J connectivity index is 1.82. The highest BCUT2D eigenvalue weighted by Gasteiger charge is 2.63. The topological polar surface area (TPSA) is 9.23 Å². The number of rotatable bonds is 2. The summed E-state index contributed by atoms with van der Waals surface area (Å²) in [4.78, 5) is 0. The monoisotopic (exact) mass is 306 g/mol. The van der Waals surface area contributed by atoms with Crippen molar-refractivity contribution in [2.45, 2.75) is 56.7 Å². The molecular weight excluding hydrogens is 280 g/mol. The summed E-state index contributed by atoms with van der Waals surface area (Å²) in [6.07, 6.45) is 7.80. The van der Waals surface area contributed by atoms with Gasteiger partial charge >= 0.3 is 0 Å². The van der Waals surface area contributed by atoms with Gasteiger partial charge in [0, 0.05) is 5.92 Å². The van der Waals surface area contributed by atoms with E-state index < -0.39 is 0 Å². The van der Waals surface area contributed by atoms with E-state index in [2.05, 4.69) is 67.6 Å². The van der Waals surface area contributed by atoms with E-state index in [0.717, 1.165) is 0 Å². The van der Waals surface area contributed by atoms with Crippen LogP contribution in [-0.4, -0.2) is 5.60 Å². The van der Waals surface area contributed by atoms with Crippen molar-refractivity contribution < 1.29 is 4.74 Å². The first-order valence-corrected chi connectivity index (χ1v) is 9.07. The maximum atomic E-state index is 6.83. The van der Waals surface area contributed by atoms with Gasteiger partial charge < -0.3 is 4.74 Å². The number of fused-ring (bicyclic) bond motifs is 1. The molecule has 1 heteroatoms. The van der Waals surface area contributed by atoms with Gasteiger partial charge in [0.1, 0.15) is 5.60 Å². The molecule has 0 spiro atoms. The van der Waals surface area contributed by atoms with Crippen LogP contribution in [0.2, 0.25) is 0 Å². The van der Waals surface area contributed by atoms with Gasteiger partial charge in [0.15, 0.2) is 0 Å². The Morgan fingerprint density at radius 2 is 1.35 bits per heavy atom. The molecule has 2 aromatic rings. The van der Waals surface area contributed by atoms with E-state index in [1.54, 1.807) is 0 Å². The third kappa shape index (κ3) is 2.33. The largest absolute Gasteiger partial charge is 0.359 e. The van der Waals surface area contributed by atoms with Crippen LogP contribution < -0.4 is 0 Å². The Labute approximate surface area is 139 Å². The van der Waals surface area contributed by atoms with Crippen LogP contribution in [0.4, 0.5) is 0 Å². The Hall–Kier alpha value is -1.60. The minimum Gasteiger partial charge on any atom is -0.359 e. The second kappa shape index (κ2) is 5.79. The SMILES string of the molecule is C[C@]12CCCCCC[C@H]1C(c1ccccc1)(c1ccccc1)O2. The molecule has 0 unspecified atom stereocenters. The molecule has 1 nitrogen and oxygen atoms in total. The molecule has 1 aliphatic heterocycles. The van der Waals surface area contributed by atoms with Crippen molar-refractivity contribution >= 4 is 0 Å². The van der Waals surface area contributed by atoms with Crippen molar-refractivity contribution in [2.24, 2.45) is 5.92 Å². The number of benzene rings is 2. The Morgan fingerprint density at radius 1 is 0.783 bits per heavy atom. The van der Waals surface area contributed by atoms with Crippen LogP contribution >= 0.6 is 0 Å². The van der Waals surface area contributed by atoms with Gasteiger partial charge in [-0.25, -0.2) is 0 Å². The molecule has 2 atom stereocenters. The fourth-order valence-electron chi connectivity index (χ4n) is 4.85. The van der Waals surface area contributed by atoms with Gasteiger partial charge in [-0.05, 0) is 30.9 Å². The maximum absolute atomic E-state index is 6.83. The minimum absolute atomic E-state index is 0.0338. The second-order valence-corrected chi connectivity index (χ2v) is 7.39. The first-order chi connectivity index (χ1) is 11.3. The van der Waals surface area contributed by atoms with E-state index in [1.165, 1.54) is 49.7 Å². The van der Waals surface area contributed by atoms with E-state index in [1.807, 2.05) is 0 Å². The zero-order valence-electron chi connectivity index (χ0n) is 14.0. The van der Waals surface area contributed by atoms with E-state index in [-0.39, 0.29) is 11.2 Å². The van der Waals surface area contributed by atoms with Gasteiger partial charge in [0.2, 0.25) is 0 Å². The molecule has 1 aliphatic carbocycles. The molecule has 2 aromatic carbocycles. The second-order valence-electron chi connectivity index (χ2n) is 7.39. The van der Waals surface area contributed by atoms with Gasteiger partial charge in [0.05, 0.1) is 5.60 Å². The standard InChI is InChI=1S/C22H26O/c1-21-17-11-3-2-10-16-20(21)22(23-21,18-12-6-4-7-13-18)19-14-8-5-9-15-19/h4-9,12-15,20H,2-3,10-11,16-17H2,1H3/t20-,21+/m1/s1. The summed E-state index contributed by atoms with van der Waals surface area (Å²) in [6.45, 7) is 2.34. The molecule has 2 aliphatic rings. The average molecular weight is 306 g/mol. The van der Waals surface area contributed by atoms with Crippen LogP contribution in [-0.2, 0) is 10.3 Å². The van der Waals surface area contributed by atoms with Crippen LogP contribution in [0, 0.1) is 5.92 Å². The van der Waals surface area contributed by atoms with Crippen molar-refractivity contribution in [3.63, 3.8) is 0 Å². The lowest BCUT2D eigenvalue weighted by molar-refractivity contribution is -0.313. The first-order valence-electron chi connectivity index (χ1n) is 9.07. The van der Waals surface area contributed by atoms with E-state index in [9.17, 15) is 0 Å². The molecule has 0 radical (unpaired) electrons. The smallest absolute Gasteiger partial charge is 0.124 e. The fourth-order valence-corrected chi connectivity index (χ4v) is 4.85. The number of hydrogen-bond acceptors (Lipinski definition) is 1. The van der Waals surface area contributed by atoms with Crippen LogP contribution in [0.3, 0.4) is 0 Å². The van der Waals surface area contributed by atoms with Crippen molar-refractivity contribution in [3.8, 4) is 0 Å². The van der Waals surface area contributed by atoms with Gasteiger partial charge in [0.25, 0.3) is 0 Å². The van der Waals surface area contributed by atoms with E-state index >= 15 is 0 Å². The van der Waals surface area contributed by atoms with Gasteiger partial charge in [-0.2, -0.15) is 0 Å². The van der Waals surface area contributed by atoms with Crippen LogP contribution in [0.1, 0.15) is 56.6 Å². The van der Waals surface area contributed by atoms with Gasteiger partial charge in [-0.1, -0.05) is 86.3 Å². The highest BCUT2D eigenvalue weighted by molar-refractivity contribution is 5.41. The summed E-state index contributed by atoms with van der Waals surface area (Å²) in [7, 11) is 0. The third-order valence-electron chi connectivity index (χ3n) is 5.94. The predicted molar refractivity (Wildman–Crippen MR) is 94.3 cm³/mol. The predicted octanol–water partition coefficient (Wildman–Crippen LogP) is 5.69. The Kier molecular flexibility index (Phi) is 3.77. The highest BCUT2D eigenvalue weighted by atomic mass is 16.6. The van der Waals surface area contributed by atoms with Crippen LogP contribution in [0.25, 0.3) is 0 Å². The molecule has 1 saturated heterocycles. The molecule has 1 heterocycles.